The number of fused-ring (bicyclic) bond motifs is 1. The van der Waals surface area contributed by atoms with Gasteiger partial charge in [0.2, 0.25) is 0 Å². The van der Waals surface area contributed by atoms with E-state index in [2.05, 4.69) is 36.1 Å². The Bertz CT molecular complexity index is 1430. The van der Waals surface area contributed by atoms with Crippen molar-refractivity contribution in [2.24, 2.45) is 0 Å². The Hall–Kier alpha value is -3.90. The summed E-state index contributed by atoms with van der Waals surface area (Å²) in [7, 11) is 0. The summed E-state index contributed by atoms with van der Waals surface area (Å²) in [5, 5.41) is 0.688. The summed E-state index contributed by atoms with van der Waals surface area (Å²) in [6.07, 6.45) is 0.418. The zero-order valence-electron chi connectivity index (χ0n) is 24.2. The number of esters is 1. The Balaban J connectivity index is 1.52. The highest BCUT2D eigenvalue weighted by Crippen LogP contribution is 2.31. The number of nitrogens with zero attached hydrogens (tertiary/aromatic N) is 1. The highest BCUT2D eigenvalue weighted by molar-refractivity contribution is 6.17. The molecular weight excluding hydrogens is 502 g/mol. The molecule has 0 radical (unpaired) electrons. The van der Waals surface area contributed by atoms with Crippen LogP contribution < -0.4 is 4.74 Å². The van der Waals surface area contributed by atoms with Crippen molar-refractivity contribution < 1.29 is 23.5 Å². The van der Waals surface area contributed by atoms with E-state index < -0.39 is 5.97 Å². The molecule has 0 spiro atoms. The maximum Gasteiger partial charge on any atom is 0.313 e. The molecule has 0 amide bonds. The first-order chi connectivity index (χ1) is 19.3. The number of hydrogen-bond donors (Lipinski definition) is 0. The van der Waals surface area contributed by atoms with Crippen LogP contribution in [-0.2, 0) is 22.5 Å². The minimum Gasteiger partial charge on any atom is -0.492 e. The molecule has 40 heavy (non-hydrogen) atoms. The second kappa shape index (κ2) is 13.4. The Morgan fingerprint density at radius 3 is 2.30 bits per heavy atom. The van der Waals surface area contributed by atoms with Crippen molar-refractivity contribution in [3.8, 4) is 5.75 Å². The van der Waals surface area contributed by atoms with Gasteiger partial charge in [0, 0.05) is 24.0 Å². The third-order valence-corrected chi connectivity index (χ3v) is 7.18. The number of ketones is 1. The number of benzene rings is 3. The van der Waals surface area contributed by atoms with Crippen LogP contribution in [-0.4, -0.2) is 42.5 Å². The van der Waals surface area contributed by atoms with E-state index in [4.69, 9.17) is 13.9 Å². The maximum absolute atomic E-state index is 13.9. The van der Waals surface area contributed by atoms with Crippen LogP contribution in [0.15, 0.2) is 71.1 Å². The summed E-state index contributed by atoms with van der Waals surface area (Å²) >= 11 is 0. The molecule has 1 atom stereocenters. The van der Waals surface area contributed by atoms with Crippen LogP contribution in [0.3, 0.4) is 0 Å². The van der Waals surface area contributed by atoms with E-state index in [0.717, 1.165) is 36.5 Å². The molecule has 0 bridgehead atoms. The quantitative estimate of drug-likeness (QED) is 0.133. The molecule has 6 heteroatoms. The molecule has 3 aromatic carbocycles. The first kappa shape index (κ1) is 29.1. The van der Waals surface area contributed by atoms with E-state index in [1.165, 1.54) is 5.56 Å². The van der Waals surface area contributed by atoms with Gasteiger partial charge in [0.1, 0.15) is 30.1 Å². The summed E-state index contributed by atoms with van der Waals surface area (Å²) in [6, 6.07) is 21.5. The van der Waals surface area contributed by atoms with Gasteiger partial charge in [-0.1, -0.05) is 62.4 Å². The smallest absolute Gasteiger partial charge is 0.313 e. The van der Waals surface area contributed by atoms with E-state index in [1.54, 1.807) is 6.07 Å². The average Bonchev–Trinajstić information content (AvgIpc) is 3.31. The van der Waals surface area contributed by atoms with Gasteiger partial charge in [-0.2, -0.15) is 0 Å². The van der Waals surface area contributed by atoms with Crippen LogP contribution in [0, 0.1) is 13.8 Å². The number of carbonyl (C=O) groups excluding carboxylic acids is 2. The number of para-hydroxylation sites is 1. The lowest BCUT2D eigenvalue weighted by atomic mass is 9.96. The minimum absolute atomic E-state index is 0.101. The zero-order chi connectivity index (χ0) is 28.6. The zero-order valence-corrected chi connectivity index (χ0v) is 24.2. The Morgan fingerprint density at radius 1 is 0.950 bits per heavy atom. The molecule has 0 aliphatic heterocycles. The highest BCUT2D eigenvalue weighted by Gasteiger charge is 2.25. The van der Waals surface area contributed by atoms with E-state index >= 15 is 0 Å². The number of likely N-dealkylation sites (N-methyl/N-ethyl adjacent to an activating group) is 1. The van der Waals surface area contributed by atoms with Crippen LogP contribution >= 0.6 is 0 Å². The normalized spacial score (nSPS) is 12.1. The van der Waals surface area contributed by atoms with Gasteiger partial charge in [-0.3, -0.25) is 14.5 Å². The van der Waals surface area contributed by atoms with Gasteiger partial charge in [0.25, 0.3) is 0 Å². The first-order valence-electron chi connectivity index (χ1n) is 14.1. The van der Waals surface area contributed by atoms with Crippen molar-refractivity contribution in [3.05, 3.63) is 100 Å². The first-order valence-corrected chi connectivity index (χ1v) is 14.1. The Labute approximate surface area is 236 Å². The molecule has 0 aliphatic carbocycles. The summed E-state index contributed by atoms with van der Waals surface area (Å²) in [4.78, 5) is 28.8. The average molecular weight is 542 g/mol. The van der Waals surface area contributed by atoms with Gasteiger partial charge in [-0.15, -0.1) is 0 Å². The molecule has 4 aromatic rings. The third-order valence-electron chi connectivity index (χ3n) is 7.18. The van der Waals surface area contributed by atoms with Gasteiger partial charge in [-0.05, 0) is 68.6 Å². The summed E-state index contributed by atoms with van der Waals surface area (Å²) in [5.41, 5.74) is 4.56. The highest BCUT2D eigenvalue weighted by atomic mass is 16.5. The second-order valence-corrected chi connectivity index (χ2v) is 10.3. The molecule has 1 aromatic heterocycles. The van der Waals surface area contributed by atoms with Gasteiger partial charge in [-0.25, -0.2) is 0 Å². The summed E-state index contributed by atoms with van der Waals surface area (Å²) in [6.45, 7) is 13.0. The molecule has 6 nitrogen and oxygen atoms in total. The second-order valence-electron chi connectivity index (χ2n) is 10.3. The fourth-order valence-electron chi connectivity index (χ4n) is 4.87. The van der Waals surface area contributed by atoms with E-state index in [0.29, 0.717) is 40.9 Å². The van der Waals surface area contributed by atoms with Crippen molar-refractivity contribution >= 4 is 22.7 Å². The third kappa shape index (κ3) is 6.99. The van der Waals surface area contributed by atoms with Gasteiger partial charge in [0.05, 0.1) is 11.7 Å². The van der Waals surface area contributed by atoms with Gasteiger partial charge >= 0.3 is 5.97 Å². The minimum atomic E-state index is -0.410. The van der Waals surface area contributed by atoms with Crippen LogP contribution in [0.1, 0.15) is 65.6 Å². The number of furan rings is 1. The van der Waals surface area contributed by atoms with Crippen molar-refractivity contribution in [2.45, 2.75) is 60.1 Å². The monoisotopic (exact) mass is 541 g/mol. The fraction of sp³-hybridized carbons (Fsp3) is 0.353. The molecular formula is C34H39NO5. The van der Waals surface area contributed by atoms with Crippen LogP contribution in [0.25, 0.3) is 11.0 Å². The largest absolute Gasteiger partial charge is 0.492 e. The lowest BCUT2D eigenvalue weighted by Gasteiger charge is -2.21. The van der Waals surface area contributed by atoms with E-state index in [1.807, 2.05) is 64.1 Å². The van der Waals surface area contributed by atoms with Gasteiger partial charge < -0.3 is 13.9 Å². The molecule has 0 fully saturated rings. The molecule has 0 unspecified atom stereocenters. The van der Waals surface area contributed by atoms with Crippen LogP contribution in [0.5, 0.6) is 5.75 Å². The van der Waals surface area contributed by atoms with E-state index in [-0.39, 0.29) is 18.3 Å². The predicted molar refractivity (Wildman–Crippen MR) is 158 cm³/mol. The fourth-order valence-corrected chi connectivity index (χ4v) is 4.87. The lowest BCUT2D eigenvalue weighted by Crippen LogP contribution is -2.28. The van der Waals surface area contributed by atoms with Crippen LogP contribution in [0.2, 0.25) is 0 Å². The van der Waals surface area contributed by atoms with Crippen LogP contribution in [0.4, 0.5) is 0 Å². The molecule has 1 heterocycles. The van der Waals surface area contributed by atoms with Gasteiger partial charge in [0.15, 0.2) is 5.78 Å². The standard InChI is InChI=1S/C34H39NO5/c1-6-25(5)39-31(36)21-30-32(28-15-11-12-16-29(28)40-30)33(37)27-19-23(3)34(24(4)20-27)38-18-17-35(7-2)22-26-13-9-8-10-14-26/h8-16,19-20,25H,6-7,17-18,21-22H2,1-5H3/t25-/m0/s1. The molecule has 210 valence electrons. The SMILES string of the molecule is CC[C@H](C)OC(=O)Cc1oc2ccccc2c1C(=O)c1cc(C)c(OCCN(CC)Cc2ccccc2)c(C)c1. The topological polar surface area (TPSA) is 69.0 Å². The molecule has 0 saturated carbocycles. The summed E-state index contributed by atoms with van der Waals surface area (Å²) in [5.74, 6) is 0.524. The predicted octanol–water partition coefficient (Wildman–Crippen LogP) is 7.07. The van der Waals surface area contributed by atoms with Crippen molar-refractivity contribution in [3.63, 3.8) is 0 Å². The van der Waals surface area contributed by atoms with Crippen molar-refractivity contribution in [2.75, 3.05) is 19.7 Å². The summed E-state index contributed by atoms with van der Waals surface area (Å²) < 4.78 is 17.7. The van der Waals surface area contributed by atoms with Crippen molar-refractivity contribution in [1.29, 1.82) is 0 Å². The Morgan fingerprint density at radius 2 is 1.62 bits per heavy atom. The number of rotatable bonds is 13. The number of ether oxygens (including phenoxy) is 2. The molecule has 4 rings (SSSR count). The number of hydrogen-bond acceptors (Lipinski definition) is 6. The van der Waals surface area contributed by atoms with E-state index in [9.17, 15) is 9.59 Å². The Kier molecular flexibility index (Phi) is 9.78. The molecule has 0 N–H and O–H groups in total. The van der Waals surface area contributed by atoms with Crippen molar-refractivity contribution in [1.82, 2.24) is 4.90 Å². The molecule has 0 saturated heterocycles. The number of carbonyl (C=O) groups is 2. The molecule has 0 aliphatic rings. The lowest BCUT2D eigenvalue weighted by molar-refractivity contribution is -0.147. The number of aryl methyl sites for hydroxylation is 2. The maximum atomic E-state index is 13.9.